The van der Waals surface area contributed by atoms with E-state index in [-0.39, 0.29) is 55.7 Å². The minimum Gasteiger partial charge on any atom is -0.450 e. The normalized spacial score (nSPS) is 14.5. The first-order valence-corrected chi connectivity index (χ1v) is 11.8. The average molecular weight is 555 g/mol. The minimum atomic E-state index is -0.965. The van der Waals surface area contributed by atoms with E-state index >= 15 is 0 Å². The molecule has 1 aromatic heterocycles. The highest BCUT2D eigenvalue weighted by molar-refractivity contribution is 6.32. The van der Waals surface area contributed by atoms with Crippen LogP contribution < -0.4 is 26.2 Å². The largest absolute Gasteiger partial charge is 0.450 e. The summed E-state index contributed by atoms with van der Waals surface area (Å²) in [6.45, 7) is 1.37. The molecule has 3 rings (SSSR count). The molecule has 1 fully saturated rings. The van der Waals surface area contributed by atoms with Crippen molar-refractivity contribution in [3.8, 4) is 0 Å². The van der Waals surface area contributed by atoms with Crippen molar-refractivity contribution in [3.05, 3.63) is 52.8 Å². The van der Waals surface area contributed by atoms with Crippen molar-refractivity contribution in [1.82, 2.24) is 20.9 Å². The number of ether oxygens (including phenoxy) is 2. The highest BCUT2D eigenvalue weighted by Gasteiger charge is 2.33. The van der Waals surface area contributed by atoms with Gasteiger partial charge in [-0.05, 0) is 19.1 Å². The van der Waals surface area contributed by atoms with Gasteiger partial charge in [0, 0.05) is 31.4 Å². The zero-order valence-corrected chi connectivity index (χ0v) is 20.9. The van der Waals surface area contributed by atoms with Crippen LogP contribution in [0.2, 0.25) is 5.15 Å². The van der Waals surface area contributed by atoms with Crippen LogP contribution in [0.15, 0.2) is 30.5 Å². The van der Waals surface area contributed by atoms with Crippen molar-refractivity contribution in [2.24, 2.45) is 0 Å². The van der Waals surface area contributed by atoms with Gasteiger partial charge in [0.25, 0.3) is 5.91 Å². The third-order valence-electron chi connectivity index (χ3n) is 5.12. The second kappa shape index (κ2) is 13.4. The fourth-order valence-electron chi connectivity index (χ4n) is 3.37. The van der Waals surface area contributed by atoms with Gasteiger partial charge in [-0.3, -0.25) is 14.5 Å². The Balaban J connectivity index is 1.45. The van der Waals surface area contributed by atoms with Gasteiger partial charge in [0.05, 0.1) is 37.5 Å². The predicted octanol–water partition coefficient (Wildman–Crippen LogP) is 2.04. The van der Waals surface area contributed by atoms with Crippen molar-refractivity contribution in [1.29, 1.82) is 0 Å². The Hall–Kier alpha value is -4.20. The van der Waals surface area contributed by atoms with Crippen LogP contribution in [0.1, 0.15) is 17.3 Å². The molecule has 4 N–H and O–H groups in total. The van der Waals surface area contributed by atoms with Crippen molar-refractivity contribution in [2.45, 2.75) is 13.0 Å². The van der Waals surface area contributed by atoms with E-state index in [1.807, 2.05) is 0 Å². The van der Waals surface area contributed by atoms with E-state index in [9.17, 15) is 28.0 Å². The van der Waals surface area contributed by atoms with E-state index in [1.54, 1.807) is 6.92 Å². The lowest BCUT2D eigenvalue weighted by atomic mass is 10.2. The number of anilines is 2. The van der Waals surface area contributed by atoms with Gasteiger partial charge < -0.3 is 30.7 Å². The van der Waals surface area contributed by atoms with E-state index in [2.05, 4.69) is 26.3 Å². The Kier molecular flexibility index (Phi) is 9.99. The number of carbonyl (C=O) groups is 4. The number of alkyl carbamates (subject to hydrolysis) is 1. The van der Waals surface area contributed by atoms with Crippen LogP contribution >= 0.6 is 11.6 Å². The van der Waals surface area contributed by atoms with E-state index in [0.717, 1.165) is 17.0 Å². The molecule has 1 aliphatic heterocycles. The molecule has 0 saturated carbocycles. The number of hydrogen-bond acceptors (Lipinski definition) is 8. The van der Waals surface area contributed by atoms with Crippen molar-refractivity contribution in [2.75, 3.05) is 49.5 Å². The lowest BCUT2D eigenvalue weighted by molar-refractivity contribution is -0.120. The Labute approximate surface area is 221 Å². The van der Waals surface area contributed by atoms with E-state index in [0.29, 0.717) is 0 Å². The molecular formula is C23H25ClF2N6O6. The molecule has 0 aliphatic carbocycles. The molecule has 2 heterocycles. The predicted molar refractivity (Wildman–Crippen MR) is 132 cm³/mol. The molecule has 12 nitrogen and oxygen atoms in total. The monoisotopic (exact) mass is 554 g/mol. The summed E-state index contributed by atoms with van der Waals surface area (Å²) >= 11 is 5.83. The third kappa shape index (κ3) is 7.65. The number of aromatic nitrogens is 1. The maximum atomic E-state index is 14.6. The van der Waals surface area contributed by atoms with Crippen molar-refractivity contribution in [3.63, 3.8) is 0 Å². The summed E-state index contributed by atoms with van der Waals surface area (Å²) in [6, 6.07) is 4.91. The summed E-state index contributed by atoms with van der Waals surface area (Å²) in [7, 11) is 0. The maximum absolute atomic E-state index is 14.6. The van der Waals surface area contributed by atoms with Crippen LogP contribution in [0.25, 0.3) is 0 Å². The van der Waals surface area contributed by atoms with Gasteiger partial charge in [0.15, 0.2) is 11.6 Å². The summed E-state index contributed by atoms with van der Waals surface area (Å²) < 4.78 is 39.1. The minimum absolute atomic E-state index is 0.00266. The Morgan fingerprint density at radius 3 is 2.61 bits per heavy atom. The number of halogens is 3. The van der Waals surface area contributed by atoms with Crippen LogP contribution in [0.3, 0.4) is 0 Å². The Bertz CT molecular complexity index is 1180. The number of nitrogens with one attached hydrogen (secondary N) is 4. The Morgan fingerprint density at radius 2 is 1.92 bits per heavy atom. The molecule has 1 atom stereocenters. The van der Waals surface area contributed by atoms with Gasteiger partial charge >= 0.3 is 12.2 Å². The number of rotatable bonds is 11. The lowest BCUT2D eigenvalue weighted by Crippen LogP contribution is -2.38. The number of nitrogens with zero attached hydrogens (tertiary/aromatic N) is 2. The van der Waals surface area contributed by atoms with Gasteiger partial charge in [0.1, 0.15) is 16.9 Å². The van der Waals surface area contributed by atoms with E-state index < -0.39 is 47.4 Å². The summed E-state index contributed by atoms with van der Waals surface area (Å²) in [5, 5.41) is 9.85. The molecule has 38 heavy (non-hydrogen) atoms. The first kappa shape index (κ1) is 28.4. The van der Waals surface area contributed by atoms with Crippen molar-refractivity contribution < 1.29 is 37.4 Å². The maximum Gasteiger partial charge on any atom is 0.414 e. The number of hydrogen-bond donors (Lipinski definition) is 4. The Morgan fingerprint density at radius 1 is 1.18 bits per heavy atom. The second-order valence-corrected chi connectivity index (χ2v) is 8.16. The second-order valence-electron chi connectivity index (χ2n) is 7.80. The zero-order valence-electron chi connectivity index (χ0n) is 20.2. The van der Waals surface area contributed by atoms with Gasteiger partial charge in [0.2, 0.25) is 5.91 Å². The number of amides is 4. The summed E-state index contributed by atoms with van der Waals surface area (Å²) in [5.41, 5.74) is -0.397. The number of cyclic esters (lactones) is 1. The average Bonchev–Trinajstić information content (AvgIpc) is 3.26. The first-order chi connectivity index (χ1) is 18.2. The molecule has 2 aromatic rings. The van der Waals surface area contributed by atoms with Crippen molar-refractivity contribution >= 4 is 47.0 Å². The molecule has 15 heteroatoms. The molecule has 204 valence electrons. The number of carbonyl (C=O) groups excluding carboxylic acids is 4. The van der Waals surface area contributed by atoms with Gasteiger partial charge in [-0.1, -0.05) is 11.6 Å². The molecule has 0 radical (unpaired) electrons. The van der Waals surface area contributed by atoms with Gasteiger partial charge in [-0.15, -0.1) is 0 Å². The molecule has 0 unspecified atom stereocenters. The quantitative estimate of drug-likeness (QED) is 0.243. The van der Waals surface area contributed by atoms with Crippen LogP contribution in [0.4, 0.5) is 29.7 Å². The molecule has 1 aliphatic rings. The smallest absolute Gasteiger partial charge is 0.414 e. The number of pyridine rings is 1. The standard InChI is InChI=1S/C23H25ClF2N6O6/c1-2-37-22(35)31-10-14-12-32(23(36)38-14)13-8-16(25)19(17(26)9-13)28-7-6-27-18(33)11-30-21(34)15-4-3-5-29-20(15)24/h3-5,8-9,14,28H,2,6-7,10-12H2,1H3,(H,27,33)(H,30,34)(H,31,35)/t14-/m0/s1. The highest BCUT2D eigenvalue weighted by Crippen LogP contribution is 2.28. The zero-order chi connectivity index (χ0) is 27.7. The molecule has 1 saturated heterocycles. The van der Waals surface area contributed by atoms with E-state index in [4.69, 9.17) is 21.1 Å². The number of benzene rings is 1. The van der Waals surface area contributed by atoms with Crippen LogP contribution in [0.5, 0.6) is 0 Å². The fraction of sp³-hybridized carbons (Fsp3) is 0.348. The lowest BCUT2D eigenvalue weighted by Gasteiger charge is -2.16. The molecular weight excluding hydrogens is 530 g/mol. The molecule has 0 spiro atoms. The molecule has 0 bridgehead atoms. The van der Waals surface area contributed by atoms with Gasteiger partial charge in [-0.25, -0.2) is 23.4 Å². The fourth-order valence-corrected chi connectivity index (χ4v) is 3.57. The molecule has 1 aromatic carbocycles. The summed E-state index contributed by atoms with van der Waals surface area (Å²) in [6.07, 6.45) is -0.807. The first-order valence-electron chi connectivity index (χ1n) is 11.5. The molecule has 4 amide bonds. The third-order valence-corrected chi connectivity index (χ3v) is 5.43. The van der Waals surface area contributed by atoms with Crippen LogP contribution in [-0.2, 0) is 14.3 Å². The summed E-state index contributed by atoms with van der Waals surface area (Å²) in [5.74, 6) is -3.04. The summed E-state index contributed by atoms with van der Waals surface area (Å²) in [4.78, 5) is 52.3. The van der Waals surface area contributed by atoms with Gasteiger partial charge in [-0.2, -0.15) is 0 Å². The van der Waals surface area contributed by atoms with Crippen LogP contribution in [0, 0.1) is 11.6 Å². The van der Waals surface area contributed by atoms with E-state index in [1.165, 1.54) is 18.3 Å². The topological polar surface area (TPSA) is 151 Å². The SMILES string of the molecule is CCOC(=O)NC[C@H]1CN(c2cc(F)c(NCCNC(=O)CNC(=O)c3cccnc3Cl)c(F)c2)C(=O)O1. The highest BCUT2D eigenvalue weighted by atomic mass is 35.5. The van der Waals surface area contributed by atoms with Crippen LogP contribution in [-0.4, -0.2) is 74.4 Å².